The minimum Gasteiger partial charge on any atom is -0.292 e. The van der Waals surface area contributed by atoms with Crippen molar-refractivity contribution >= 4 is 28.7 Å². The van der Waals surface area contributed by atoms with Gasteiger partial charge >= 0.3 is 0 Å². The number of hydrogen-bond donors (Lipinski definition) is 0. The minimum absolute atomic E-state index is 0.0242. The first-order chi connectivity index (χ1) is 11.0. The Morgan fingerprint density at radius 2 is 2.26 bits per heavy atom. The Labute approximate surface area is 140 Å². The van der Waals surface area contributed by atoms with Crippen LogP contribution in [0.3, 0.4) is 0 Å². The van der Waals surface area contributed by atoms with E-state index in [1.165, 1.54) is 35.6 Å². The van der Waals surface area contributed by atoms with Crippen molar-refractivity contribution in [1.82, 2.24) is 5.01 Å². The molecular weight excluding hydrogens is 308 g/mol. The normalized spacial score (nSPS) is 35.9. The molecule has 23 heavy (non-hydrogen) atoms. The van der Waals surface area contributed by atoms with Gasteiger partial charge in [0.05, 0.1) is 11.1 Å². The van der Waals surface area contributed by atoms with Gasteiger partial charge in [-0.05, 0) is 62.3 Å². The van der Waals surface area contributed by atoms with Gasteiger partial charge in [0.2, 0.25) is 0 Å². The quantitative estimate of drug-likeness (QED) is 0.792. The third-order valence-electron chi connectivity index (χ3n) is 6.32. The van der Waals surface area contributed by atoms with E-state index in [0.29, 0.717) is 17.4 Å². The molecule has 1 unspecified atom stereocenters. The highest BCUT2D eigenvalue weighted by Crippen LogP contribution is 2.56. The summed E-state index contributed by atoms with van der Waals surface area (Å²) in [6.45, 7) is 4.07. The van der Waals surface area contributed by atoms with Gasteiger partial charge in [0.25, 0.3) is 5.91 Å². The summed E-state index contributed by atoms with van der Waals surface area (Å²) in [5.41, 5.74) is 1.05. The van der Waals surface area contributed by atoms with Gasteiger partial charge in [-0.3, -0.25) is 9.59 Å². The number of hydrazone groups is 1. The summed E-state index contributed by atoms with van der Waals surface area (Å²) in [5, 5.41) is 9.61. The molecule has 0 N–H and O–H groups in total. The molecule has 0 radical (unpaired) electrons. The SMILES string of the molecule is CC1=NN(CC(=O)c2ccsc2)C(=O)C1(C)[C@H]1C[C@H]2CC[C@@H]1C2. The van der Waals surface area contributed by atoms with Gasteiger partial charge in [0.1, 0.15) is 6.54 Å². The van der Waals surface area contributed by atoms with Crippen molar-refractivity contribution in [2.24, 2.45) is 28.3 Å². The number of rotatable bonds is 4. The maximum atomic E-state index is 13.1. The van der Waals surface area contributed by atoms with Crippen LogP contribution in [0.4, 0.5) is 0 Å². The van der Waals surface area contributed by atoms with Gasteiger partial charge < -0.3 is 0 Å². The van der Waals surface area contributed by atoms with E-state index < -0.39 is 5.41 Å². The number of thiophene rings is 1. The molecule has 4 nitrogen and oxygen atoms in total. The smallest absolute Gasteiger partial charge is 0.255 e. The van der Waals surface area contributed by atoms with Gasteiger partial charge in [0, 0.05) is 10.9 Å². The highest BCUT2D eigenvalue weighted by molar-refractivity contribution is 7.08. The fraction of sp³-hybridized carbons (Fsp3) is 0.611. The molecule has 1 aliphatic heterocycles. The molecule has 0 spiro atoms. The monoisotopic (exact) mass is 330 g/mol. The van der Waals surface area contributed by atoms with Gasteiger partial charge in [-0.15, -0.1) is 0 Å². The second kappa shape index (κ2) is 5.26. The van der Waals surface area contributed by atoms with Crippen molar-refractivity contribution in [3.05, 3.63) is 22.4 Å². The van der Waals surface area contributed by atoms with Crippen molar-refractivity contribution in [3.63, 3.8) is 0 Å². The Morgan fingerprint density at radius 3 is 2.87 bits per heavy atom. The molecule has 1 aromatic rings. The van der Waals surface area contributed by atoms with E-state index in [1.54, 1.807) is 6.07 Å². The molecule has 0 saturated heterocycles. The fourth-order valence-corrected chi connectivity index (χ4v) is 5.55. The zero-order chi connectivity index (χ0) is 16.2. The Morgan fingerprint density at radius 1 is 1.43 bits per heavy atom. The lowest BCUT2D eigenvalue weighted by molar-refractivity contribution is -0.138. The van der Waals surface area contributed by atoms with Crippen LogP contribution in [-0.2, 0) is 4.79 Å². The number of carbonyl (C=O) groups excluding carboxylic acids is 2. The summed E-state index contributed by atoms with van der Waals surface area (Å²) in [5.74, 6) is 1.85. The molecule has 2 fully saturated rings. The molecule has 2 aliphatic carbocycles. The zero-order valence-electron chi connectivity index (χ0n) is 13.6. The topological polar surface area (TPSA) is 49.7 Å². The van der Waals surface area contributed by atoms with Crippen LogP contribution < -0.4 is 0 Å². The molecule has 4 rings (SSSR count). The number of fused-ring (bicyclic) bond motifs is 2. The predicted octanol–water partition coefficient (Wildman–Crippen LogP) is 3.59. The second-order valence-corrected chi connectivity index (χ2v) is 8.25. The number of nitrogens with zero attached hydrogens (tertiary/aromatic N) is 2. The Balaban J connectivity index is 1.54. The van der Waals surface area contributed by atoms with Crippen LogP contribution in [0.25, 0.3) is 0 Å². The van der Waals surface area contributed by atoms with Gasteiger partial charge in [-0.2, -0.15) is 16.4 Å². The molecule has 2 heterocycles. The van der Waals surface area contributed by atoms with Crippen molar-refractivity contribution < 1.29 is 9.59 Å². The van der Waals surface area contributed by atoms with Crippen LogP contribution >= 0.6 is 11.3 Å². The van der Waals surface area contributed by atoms with Crippen LogP contribution in [0.2, 0.25) is 0 Å². The lowest BCUT2D eigenvalue weighted by Gasteiger charge is -2.35. The number of carbonyl (C=O) groups is 2. The summed E-state index contributed by atoms with van der Waals surface area (Å²) in [6, 6.07) is 1.80. The maximum absolute atomic E-state index is 13.1. The summed E-state index contributed by atoms with van der Waals surface area (Å²) in [6.07, 6.45) is 4.99. The Kier molecular flexibility index (Phi) is 3.45. The predicted molar refractivity (Wildman–Crippen MR) is 90.5 cm³/mol. The van der Waals surface area contributed by atoms with E-state index >= 15 is 0 Å². The van der Waals surface area contributed by atoms with E-state index in [9.17, 15) is 9.59 Å². The van der Waals surface area contributed by atoms with Crippen LogP contribution in [-0.4, -0.2) is 29.0 Å². The van der Waals surface area contributed by atoms with Gasteiger partial charge in [-0.1, -0.05) is 6.42 Å². The molecule has 1 amide bonds. The highest BCUT2D eigenvalue weighted by Gasteiger charge is 2.57. The molecule has 0 aromatic carbocycles. The molecule has 1 aromatic heterocycles. The lowest BCUT2D eigenvalue weighted by atomic mass is 9.66. The van der Waals surface area contributed by atoms with Gasteiger partial charge in [0.15, 0.2) is 5.78 Å². The van der Waals surface area contributed by atoms with Crippen molar-refractivity contribution in [2.75, 3.05) is 6.54 Å². The van der Waals surface area contributed by atoms with Crippen molar-refractivity contribution in [3.8, 4) is 0 Å². The van der Waals surface area contributed by atoms with Crippen molar-refractivity contribution in [1.29, 1.82) is 0 Å². The average Bonchev–Trinajstić information content (AvgIpc) is 3.30. The highest BCUT2D eigenvalue weighted by atomic mass is 32.1. The molecule has 5 heteroatoms. The van der Waals surface area contributed by atoms with Gasteiger partial charge in [-0.25, -0.2) is 5.01 Å². The number of amides is 1. The van der Waals surface area contributed by atoms with Crippen LogP contribution in [0, 0.1) is 23.2 Å². The summed E-state index contributed by atoms with van der Waals surface area (Å²) in [4.78, 5) is 25.4. The lowest BCUT2D eigenvalue weighted by Crippen LogP contribution is -2.45. The standard InChI is InChI=1S/C18H22N2O2S/c1-11-18(2,15-8-12-3-4-13(15)7-12)17(22)20(19-11)9-16(21)14-5-6-23-10-14/h5-6,10,12-13,15H,3-4,7-9H2,1-2H3/t12-,13+,15-,18?/m0/s1. The second-order valence-electron chi connectivity index (χ2n) is 7.47. The van der Waals surface area contributed by atoms with E-state index in [2.05, 4.69) is 12.0 Å². The third-order valence-corrected chi connectivity index (χ3v) is 7.00. The molecule has 3 aliphatic rings. The third kappa shape index (κ3) is 2.20. The average molecular weight is 330 g/mol. The first-order valence-corrected chi connectivity index (χ1v) is 9.37. The summed E-state index contributed by atoms with van der Waals surface area (Å²) < 4.78 is 0. The van der Waals surface area contributed by atoms with E-state index in [0.717, 1.165) is 18.1 Å². The number of Topliss-reactive ketones (excluding diaryl/α,β-unsaturated/α-hetero) is 1. The Hall–Kier alpha value is -1.49. The molecule has 2 bridgehead atoms. The van der Waals surface area contributed by atoms with Crippen LogP contribution in [0.15, 0.2) is 21.9 Å². The summed E-state index contributed by atoms with van der Waals surface area (Å²) in [7, 11) is 0. The van der Waals surface area contributed by atoms with Crippen LogP contribution in [0.1, 0.15) is 49.9 Å². The molecular formula is C18H22N2O2S. The largest absolute Gasteiger partial charge is 0.292 e. The van der Waals surface area contributed by atoms with E-state index in [1.807, 2.05) is 17.7 Å². The number of hydrogen-bond acceptors (Lipinski definition) is 4. The maximum Gasteiger partial charge on any atom is 0.255 e. The molecule has 122 valence electrons. The zero-order valence-corrected chi connectivity index (χ0v) is 14.4. The number of ketones is 1. The first-order valence-electron chi connectivity index (χ1n) is 8.43. The minimum atomic E-state index is -0.505. The van der Waals surface area contributed by atoms with E-state index in [-0.39, 0.29) is 18.2 Å². The van der Waals surface area contributed by atoms with Crippen LogP contribution in [0.5, 0.6) is 0 Å². The molecule has 2 saturated carbocycles. The summed E-state index contributed by atoms with van der Waals surface area (Å²) >= 11 is 1.50. The molecule has 4 atom stereocenters. The first kappa shape index (κ1) is 15.1. The van der Waals surface area contributed by atoms with Crippen molar-refractivity contribution in [2.45, 2.75) is 39.5 Å². The Bertz CT molecular complexity index is 681. The van der Waals surface area contributed by atoms with E-state index in [4.69, 9.17) is 0 Å². The fourth-order valence-electron chi connectivity index (χ4n) is 4.89.